The van der Waals surface area contributed by atoms with Crippen LogP contribution in [0.4, 0.5) is 0 Å². The summed E-state index contributed by atoms with van der Waals surface area (Å²) in [5, 5.41) is 10.2. The predicted octanol–water partition coefficient (Wildman–Crippen LogP) is 5.48. The highest BCUT2D eigenvalue weighted by molar-refractivity contribution is 5.89. The molecule has 4 nitrogen and oxygen atoms in total. The molecule has 0 aliphatic heterocycles. The molecule has 0 aromatic heterocycles. The van der Waals surface area contributed by atoms with Crippen molar-refractivity contribution in [3.63, 3.8) is 0 Å². The van der Waals surface area contributed by atoms with Crippen molar-refractivity contribution in [3.05, 3.63) is 59.2 Å². The van der Waals surface area contributed by atoms with Crippen molar-refractivity contribution >= 4 is 5.97 Å². The lowest BCUT2D eigenvalue weighted by Crippen LogP contribution is -2.45. The van der Waals surface area contributed by atoms with Gasteiger partial charge < -0.3 is 14.6 Å². The lowest BCUT2D eigenvalue weighted by atomic mass is 9.55. The second-order valence-corrected chi connectivity index (χ2v) is 9.48. The molecule has 5 rings (SSSR count). The Hall–Kier alpha value is -2.49. The Morgan fingerprint density at radius 2 is 1.87 bits per heavy atom. The fourth-order valence-corrected chi connectivity index (χ4v) is 6.77. The van der Waals surface area contributed by atoms with Crippen molar-refractivity contribution in [2.45, 2.75) is 57.5 Å². The van der Waals surface area contributed by atoms with E-state index in [0.717, 1.165) is 38.5 Å². The number of fused-ring (bicyclic) bond motifs is 5. The van der Waals surface area contributed by atoms with Gasteiger partial charge in [-0.3, -0.25) is 0 Å². The van der Waals surface area contributed by atoms with Crippen molar-refractivity contribution in [1.82, 2.24) is 0 Å². The minimum absolute atomic E-state index is 0.00749. The van der Waals surface area contributed by atoms with E-state index >= 15 is 0 Å². The number of methoxy groups -OCH3 is 1. The maximum atomic E-state index is 12.7. The summed E-state index contributed by atoms with van der Waals surface area (Å²) in [5.74, 6) is 2.37. The number of benzene rings is 2. The van der Waals surface area contributed by atoms with Gasteiger partial charge >= 0.3 is 5.97 Å². The van der Waals surface area contributed by atoms with Crippen molar-refractivity contribution < 1.29 is 19.4 Å². The predicted molar refractivity (Wildman–Crippen MR) is 115 cm³/mol. The van der Waals surface area contributed by atoms with Crippen LogP contribution in [0.25, 0.3) is 0 Å². The van der Waals surface area contributed by atoms with Gasteiger partial charge in [-0.25, -0.2) is 4.79 Å². The molecular formula is C26H30O4. The molecule has 30 heavy (non-hydrogen) atoms. The molecule has 158 valence electrons. The van der Waals surface area contributed by atoms with Gasteiger partial charge in [-0.2, -0.15) is 0 Å². The van der Waals surface area contributed by atoms with Gasteiger partial charge in [-0.1, -0.05) is 31.2 Å². The molecular weight excluding hydrogens is 376 g/mol. The van der Waals surface area contributed by atoms with Gasteiger partial charge in [0.25, 0.3) is 0 Å². The number of phenols is 1. The van der Waals surface area contributed by atoms with Gasteiger partial charge in [0, 0.05) is 11.0 Å². The number of aromatic hydroxyl groups is 1. The van der Waals surface area contributed by atoms with E-state index in [4.69, 9.17) is 9.47 Å². The summed E-state index contributed by atoms with van der Waals surface area (Å²) in [7, 11) is 1.64. The molecule has 2 aromatic rings. The number of hydrogen-bond donors (Lipinski definition) is 1. The number of phenolic OH excluding ortho intramolecular Hbond substituents is 1. The van der Waals surface area contributed by atoms with Crippen LogP contribution in [0.1, 0.15) is 66.4 Å². The minimum Gasteiger partial charge on any atom is -0.504 e. The third kappa shape index (κ3) is 2.91. The molecule has 0 amide bonds. The molecule has 0 saturated heterocycles. The minimum atomic E-state index is -0.196. The van der Waals surface area contributed by atoms with E-state index in [1.807, 2.05) is 30.3 Å². The molecule has 2 saturated carbocycles. The Kier molecular flexibility index (Phi) is 4.76. The van der Waals surface area contributed by atoms with Crippen LogP contribution in [0.3, 0.4) is 0 Å². The number of esters is 1. The van der Waals surface area contributed by atoms with Crippen molar-refractivity contribution in [3.8, 4) is 11.5 Å². The number of carbonyl (C=O) groups excluding carboxylic acids is 1. The molecule has 2 aromatic carbocycles. The molecule has 0 radical (unpaired) electrons. The summed E-state index contributed by atoms with van der Waals surface area (Å²) in [4.78, 5) is 12.7. The van der Waals surface area contributed by atoms with Gasteiger partial charge in [-0.15, -0.1) is 0 Å². The van der Waals surface area contributed by atoms with Crippen LogP contribution >= 0.6 is 0 Å². The lowest BCUT2D eigenvalue weighted by molar-refractivity contribution is -0.0428. The highest BCUT2D eigenvalue weighted by Gasteiger charge is 2.56. The van der Waals surface area contributed by atoms with Gasteiger partial charge in [0.1, 0.15) is 6.10 Å². The average molecular weight is 407 g/mol. The number of carbonyl (C=O) groups is 1. The second kappa shape index (κ2) is 7.33. The summed E-state index contributed by atoms with van der Waals surface area (Å²) in [5.41, 5.74) is 3.22. The number of ether oxygens (including phenoxy) is 2. The topological polar surface area (TPSA) is 55.8 Å². The Morgan fingerprint density at radius 3 is 2.63 bits per heavy atom. The first-order chi connectivity index (χ1) is 14.5. The van der Waals surface area contributed by atoms with Gasteiger partial charge in [0.05, 0.1) is 12.7 Å². The first-order valence-corrected chi connectivity index (χ1v) is 11.2. The average Bonchev–Trinajstić information content (AvgIpc) is 3.10. The van der Waals surface area contributed by atoms with E-state index in [1.54, 1.807) is 13.2 Å². The third-order valence-electron chi connectivity index (χ3n) is 8.22. The second-order valence-electron chi connectivity index (χ2n) is 9.48. The summed E-state index contributed by atoms with van der Waals surface area (Å²) in [6, 6.07) is 13.2. The Bertz CT molecular complexity index is 953. The van der Waals surface area contributed by atoms with Crippen LogP contribution in [0.2, 0.25) is 0 Å². The van der Waals surface area contributed by atoms with E-state index in [0.29, 0.717) is 29.1 Å². The molecule has 0 unspecified atom stereocenters. The normalized spacial score (nSPS) is 31.9. The molecule has 0 heterocycles. The highest BCUT2D eigenvalue weighted by atomic mass is 16.5. The SMILES string of the molecule is COc1c(O)ccc2c1CC[C@@H]1[C@@H]2CC[C@]2(C)[C@@H](OC(=O)c3ccccc3)CC[C@@H]12. The highest BCUT2D eigenvalue weighted by Crippen LogP contribution is 2.62. The summed E-state index contributed by atoms with van der Waals surface area (Å²) in [6.45, 7) is 2.34. The van der Waals surface area contributed by atoms with E-state index < -0.39 is 0 Å². The Morgan fingerprint density at radius 1 is 1.07 bits per heavy atom. The quantitative estimate of drug-likeness (QED) is 0.686. The van der Waals surface area contributed by atoms with Crippen LogP contribution < -0.4 is 4.74 Å². The standard InChI is InChI=1S/C26H30O4/c1-26-15-14-18-17-10-12-22(27)24(29-2)20(17)9-8-19(18)21(26)11-13-23(26)30-25(28)16-6-4-3-5-7-16/h3-7,10,12,18-19,21,23,27H,8-9,11,13-15H2,1-2H3/t18-,19-,21+,23+,26+/m1/s1. The monoisotopic (exact) mass is 406 g/mol. The Labute approximate surface area is 178 Å². The van der Waals surface area contributed by atoms with Crippen LogP contribution in [-0.2, 0) is 11.2 Å². The zero-order chi connectivity index (χ0) is 20.9. The van der Waals surface area contributed by atoms with E-state index in [-0.39, 0.29) is 23.2 Å². The summed E-state index contributed by atoms with van der Waals surface area (Å²) in [6.07, 6.45) is 6.27. The largest absolute Gasteiger partial charge is 0.504 e. The van der Waals surface area contributed by atoms with E-state index in [9.17, 15) is 9.90 Å². The van der Waals surface area contributed by atoms with E-state index in [1.165, 1.54) is 11.1 Å². The van der Waals surface area contributed by atoms with E-state index in [2.05, 4.69) is 13.0 Å². The van der Waals surface area contributed by atoms with Crippen molar-refractivity contribution in [1.29, 1.82) is 0 Å². The van der Waals surface area contributed by atoms with Crippen LogP contribution in [0.15, 0.2) is 42.5 Å². The number of rotatable bonds is 3. The zero-order valence-electron chi connectivity index (χ0n) is 17.8. The molecule has 0 spiro atoms. The van der Waals surface area contributed by atoms with Crippen molar-refractivity contribution in [2.24, 2.45) is 17.3 Å². The first kappa shape index (κ1) is 19.5. The maximum Gasteiger partial charge on any atom is 0.338 e. The smallest absolute Gasteiger partial charge is 0.338 e. The summed E-state index contributed by atoms with van der Waals surface area (Å²) < 4.78 is 11.6. The zero-order valence-corrected chi connectivity index (χ0v) is 17.8. The molecule has 3 aliphatic carbocycles. The van der Waals surface area contributed by atoms with Gasteiger partial charge in [0.15, 0.2) is 11.5 Å². The van der Waals surface area contributed by atoms with Gasteiger partial charge in [-0.05, 0) is 80.0 Å². The van der Waals surface area contributed by atoms with Crippen LogP contribution in [0.5, 0.6) is 11.5 Å². The molecule has 5 atom stereocenters. The molecule has 0 bridgehead atoms. The molecule has 4 heteroatoms. The van der Waals surface area contributed by atoms with Crippen LogP contribution in [0, 0.1) is 17.3 Å². The van der Waals surface area contributed by atoms with Crippen molar-refractivity contribution in [2.75, 3.05) is 7.11 Å². The Balaban J connectivity index is 1.39. The van der Waals surface area contributed by atoms with Crippen LogP contribution in [-0.4, -0.2) is 24.3 Å². The third-order valence-corrected chi connectivity index (χ3v) is 8.22. The maximum absolute atomic E-state index is 12.7. The van der Waals surface area contributed by atoms with Gasteiger partial charge in [0.2, 0.25) is 0 Å². The lowest BCUT2D eigenvalue weighted by Gasteiger charge is -2.50. The fourth-order valence-electron chi connectivity index (χ4n) is 6.77. The number of hydrogen-bond acceptors (Lipinski definition) is 4. The summed E-state index contributed by atoms with van der Waals surface area (Å²) >= 11 is 0. The molecule has 3 aliphatic rings. The molecule has 1 N–H and O–H groups in total. The molecule has 2 fully saturated rings. The fraction of sp³-hybridized carbons (Fsp3) is 0.500. The first-order valence-electron chi connectivity index (χ1n) is 11.2.